The minimum atomic E-state index is -2.65. The molecule has 1 aliphatic heterocycles. The minimum absolute atomic E-state index is 0.0975. The maximum absolute atomic E-state index is 11.3. The maximum Gasteiger partial charge on any atom is 0.305 e. The highest BCUT2D eigenvalue weighted by molar-refractivity contribution is 6.99. The number of allylic oxidation sites excluding steroid dienone is 1. The van der Waals surface area contributed by atoms with Crippen molar-refractivity contribution in [2.45, 2.75) is 83.3 Å². The molecule has 1 saturated heterocycles. The first-order valence-corrected chi connectivity index (χ1v) is 14.8. The van der Waals surface area contributed by atoms with E-state index in [9.17, 15) is 4.79 Å². The number of carbonyl (C=O) groups excluding carboxylic acids is 1. The summed E-state index contributed by atoms with van der Waals surface area (Å²) >= 11 is 0. The molecule has 1 heterocycles. The van der Waals surface area contributed by atoms with E-state index in [1.165, 1.54) is 17.5 Å². The fourth-order valence-electron chi connectivity index (χ4n) is 5.03. The highest BCUT2D eigenvalue weighted by atomic mass is 28.4. The molecule has 36 heavy (non-hydrogen) atoms. The van der Waals surface area contributed by atoms with Gasteiger partial charge in [0.15, 0.2) is 5.79 Å². The predicted molar refractivity (Wildman–Crippen MR) is 147 cm³/mol. The van der Waals surface area contributed by atoms with E-state index in [2.05, 4.69) is 93.6 Å². The van der Waals surface area contributed by atoms with Crippen molar-refractivity contribution in [3.63, 3.8) is 0 Å². The van der Waals surface area contributed by atoms with Crippen LogP contribution in [0.15, 0.2) is 72.8 Å². The Hall–Kier alpha value is -2.25. The van der Waals surface area contributed by atoms with E-state index in [0.717, 1.165) is 19.3 Å². The lowest BCUT2D eigenvalue weighted by atomic mass is 10.1. The molecule has 0 N–H and O–H groups in total. The van der Waals surface area contributed by atoms with Crippen LogP contribution in [-0.4, -0.2) is 46.0 Å². The SMILES string of the molecule is COC(=O)CCC/C=C\C[C@@H]1OC(C)(C)O[C@@H]1CO[Si](c1ccccc1)(c1ccccc1)C(C)(C)C. The van der Waals surface area contributed by atoms with Gasteiger partial charge < -0.3 is 18.6 Å². The van der Waals surface area contributed by atoms with Gasteiger partial charge in [0, 0.05) is 6.42 Å². The molecule has 0 spiro atoms. The molecule has 2 aromatic carbocycles. The standard InChI is InChI=1S/C30H42O5Si/c1-29(2,3)36(24-17-11-9-12-18-24,25-19-13-10-14-20-25)33-23-27-26(34-30(4,5)35-27)21-15-7-8-16-22-28(31)32-6/h7,9-15,17-20,26-27H,8,16,21-23H2,1-6H3/b15-7-/t26-,27+/m0/s1. The van der Waals surface area contributed by atoms with Crippen molar-refractivity contribution in [3.8, 4) is 0 Å². The molecule has 0 amide bonds. The van der Waals surface area contributed by atoms with E-state index < -0.39 is 14.1 Å². The third-order valence-electron chi connectivity index (χ3n) is 6.68. The van der Waals surface area contributed by atoms with Crippen LogP contribution < -0.4 is 10.4 Å². The first-order chi connectivity index (χ1) is 17.1. The largest absolute Gasteiger partial charge is 0.469 e. The zero-order valence-corrected chi connectivity index (χ0v) is 23.7. The van der Waals surface area contributed by atoms with Gasteiger partial charge in [-0.1, -0.05) is 93.6 Å². The van der Waals surface area contributed by atoms with Gasteiger partial charge in [0.1, 0.15) is 6.10 Å². The summed E-state index contributed by atoms with van der Waals surface area (Å²) < 4.78 is 24.4. The molecule has 196 valence electrons. The first kappa shape index (κ1) is 28.3. The second-order valence-corrected chi connectivity index (χ2v) is 15.2. The first-order valence-electron chi connectivity index (χ1n) is 12.9. The monoisotopic (exact) mass is 510 g/mol. The second kappa shape index (κ2) is 12.3. The molecule has 0 bridgehead atoms. The Bertz CT molecular complexity index is 942. The molecule has 0 aliphatic carbocycles. The Kier molecular flexibility index (Phi) is 9.70. The molecule has 0 saturated carbocycles. The van der Waals surface area contributed by atoms with Crippen LogP contribution in [0.25, 0.3) is 0 Å². The molecule has 0 radical (unpaired) electrons. The number of ether oxygens (including phenoxy) is 3. The van der Waals surface area contributed by atoms with Gasteiger partial charge in [0.05, 0.1) is 19.8 Å². The Labute approximate surface area is 217 Å². The van der Waals surface area contributed by atoms with Crippen molar-refractivity contribution < 1.29 is 23.4 Å². The topological polar surface area (TPSA) is 54.0 Å². The van der Waals surface area contributed by atoms with E-state index in [-0.39, 0.29) is 23.2 Å². The highest BCUT2D eigenvalue weighted by Crippen LogP contribution is 2.38. The third kappa shape index (κ3) is 6.94. The average Bonchev–Trinajstić information content (AvgIpc) is 3.15. The maximum atomic E-state index is 11.3. The summed E-state index contributed by atoms with van der Waals surface area (Å²) in [6, 6.07) is 21.3. The lowest BCUT2D eigenvalue weighted by molar-refractivity contribution is -0.148. The van der Waals surface area contributed by atoms with Gasteiger partial charge >= 0.3 is 5.97 Å². The van der Waals surface area contributed by atoms with Crippen LogP contribution in [0.2, 0.25) is 5.04 Å². The number of methoxy groups -OCH3 is 1. The Morgan fingerprint density at radius 3 is 2.03 bits per heavy atom. The van der Waals surface area contributed by atoms with Gasteiger partial charge in [-0.3, -0.25) is 4.79 Å². The van der Waals surface area contributed by atoms with Gasteiger partial charge in [0.25, 0.3) is 8.32 Å². The van der Waals surface area contributed by atoms with E-state index in [4.69, 9.17) is 18.6 Å². The summed E-state index contributed by atoms with van der Waals surface area (Å²) in [4.78, 5) is 11.3. The minimum Gasteiger partial charge on any atom is -0.469 e. The predicted octanol–water partition coefficient (Wildman–Crippen LogP) is 5.37. The zero-order valence-electron chi connectivity index (χ0n) is 22.7. The van der Waals surface area contributed by atoms with Crippen LogP contribution in [0.3, 0.4) is 0 Å². The van der Waals surface area contributed by atoms with Crippen molar-refractivity contribution in [1.82, 2.24) is 0 Å². The third-order valence-corrected chi connectivity index (χ3v) is 11.7. The summed E-state index contributed by atoms with van der Waals surface area (Å²) in [6.07, 6.45) is 6.73. The second-order valence-electron chi connectivity index (χ2n) is 10.9. The Morgan fingerprint density at radius 1 is 0.944 bits per heavy atom. The molecule has 0 aromatic heterocycles. The van der Waals surface area contributed by atoms with Gasteiger partial charge in [-0.2, -0.15) is 0 Å². The fourth-order valence-corrected chi connectivity index (χ4v) is 9.60. The van der Waals surface area contributed by atoms with E-state index >= 15 is 0 Å². The number of carbonyl (C=O) groups is 1. The molecule has 1 fully saturated rings. The van der Waals surface area contributed by atoms with E-state index in [0.29, 0.717) is 13.0 Å². The normalized spacial score (nSPS) is 20.1. The lowest BCUT2D eigenvalue weighted by Gasteiger charge is -2.43. The molecule has 6 heteroatoms. The molecular weight excluding hydrogens is 468 g/mol. The summed E-state index contributed by atoms with van der Waals surface area (Å²) in [6.45, 7) is 11.2. The average molecular weight is 511 g/mol. The number of benzene rings is 2. The van der Waals surface area contributed by atoms with Crippen LogP contribution in [0.1, 0.15) is 60.3 Å². The van der Waals surface area contributed by atoms with Crippen molar-refractivity contribution in [3.05, 3.63) is 72.8 Å². The number of hydrogen-bond donors (Lipinski definition) is 0. The van der Waals surface area contributed by atoms with Gasteiger partial charge in [-0.05, 0) is 48.5 Å². The molecule has 0 unspecified atom stereocenters. The number of unbranched alkanes of at least 4 members (excludes halogenated alkanes) is 1. The van der Waals surface area contributed by atoms with Crippen LogP contribution >= 0.6 is 0 Å². The summed E-state index contributed by atoms with van der Waals surface area (Å²) in [5.74, 6) is -0.832. The zero-order chi connectivity index (χ0) is 26.2. The quantitative estimate of drug-likeness (QED) is 0.176. The van der Waals surface area contributed by atoms with Gasteiger partial charge in [0.2, 0.25) is 0 Å². The summed E-state index contributed by atoms with van der Waals surface area (Å²) in [5, 5.41) is 2.41. The summed E-state index contributed by atoms with van der Waals surface area (Å²) in [5.41, 5.74) is 0. The smallest absolute Gasteiger partial charge is 0.305 e. The summed E-state index contributed by atoms with van der Waals surface area (Å²) in [7, 11) is -1.23. The lowest BCUT2D eigenvalue weighted by Crippen LogP contribution is -2.67. The molecule has 1 aliphatic rings. The van der Waals surface area contributed by atoms with E-state index in [1.54, 1.807) is 0 Å². The Morgan fingerprint density at radius 2 is 1.50 bits per heavy atom. The van der Waals surface area contributed by atoms with Crippen molar-refractivity contribution in [2.75, 3.05) is 13.7 Å². The van der Waals surface area contributed by atoms with Crippen LogP contribution in [0.4, 0.5) is 0 Å². The van der Waals surface area contributed by atoms with Crippen LogP contribution in [-0.2, 0) is 23.4 Å². The number of esters is 1. The van der Waals surface area contributed by atoms with Crippen LogP contribution in [0, 0.1) is 0 Å². The van der Waals surface area contributed by atoms with Crippen molar-refractivity contribution >= 4 is 24.7 Å². The van der Waals surface area contributed by atoms with Crippen molar-refractivity contribution in [2.24, 2.45) is 0 Å². The molecule has 5 nitrogen and oxygen atoms in total. The molecule has 2 atom stereocenters. The number of rotatable bonds is 11. The number of hydrogen-bond acceptors (Lipinski definition) is 5. The van der Waals surface area contributed by atoms with Gasteiger partial charge in [-0.25, -0.2) is 0 Å². The van der Waals surface area contributed by atoms with Crippen LogP contribution in [0.5, 0.6) is 0 Å². The molecule has 3 rings (SSSR count). The van der Waals surface area contributed by atoms with E-state index in [1.807, 2.05) is 13.8 Å². The Balaban J connectivity index is 1.79. The fraction of sp³-hybridized carbons (Fsp3) is 0.500. The van der Waals surface area contributed by atoms with Crippen molar-refractivity contribution in [1.29, 1.82) is 0 Å². The molecular formula is C30H42O5Si. The van der Waals surface area contributed by atoms with Gasteiger partial charge in [-0.15, -0.1) is 0 Å². The molecule has 2 aromatic rings. The highest BCUT2D eigenvalue weighted by Gasteiger charge is 2.51.